The van der Waals surface area contributed by atoms with Crippen LogP contribution in [0.4, 0.5) is 0 Å². The molecule has 0 aliphatic heterocycles. The number of hydrogen-bond donors (Lipinski definition) is 0. The summed E-state index contributed by atoms with van der Waals surface area (Å²) in [6.45, 7) is 9.85. The lowest BCUT2D eigenvalue weighted by molar-refractivity contribution is -0.128. The molecule has 0 bridgehead atoms. The average Bonchev–Trinajstić information content (AvgIpc) is 2.77. The van der Waals surface area contributed by atoms with Gasteiger partial charge in [0.15, 0.2) is 0 Å². The van der Waals surface area contributed by atoms with Crippen LogP contribution < -0.4 is 0 Å². The SMILES string of the molecule is C=CC[C@]1(C)C(=O)C2C3C(C=C)C[C@@H]1[C@@H]23. The van der Waals surface area contributed by atoms with Crippen molar-refractivity contribution in [1.82, 2.24) is 0 Å². The summed E-state index contributed by atoms with van der Waals surface area (Å²) in [6, 6.07) is 0. The highest BCUT2D eigenvalue weighted by Gasteiger charge is 2.75. The molecule has 3 rings (SSSR count). The zero-order valence-electron chi connectivity index (χ0n) is 9.28. The lowest BCUT2D eigenvalue weighted by Gasteiger charge is -2.29. The Kier molecular flexibility index (Phi) is 1.65. The first-order chi connectivity index (χ1) is 7.15. The lowest BCUT2D eigenvalue weighted by atomic mass is 9.73. The molecule has 1 heteroatoms. The Morgan fingerprint density at radius 1 is 1.47 bits per heavy atom. The maximum atomic E-state index is 12.3. The Balaban J connectivity index is 1.95. The van der Waals surface area contributed by atoms with Gasteiger partial charge in [-0.1, -0.05) is 19.1 Å². The van der Waals surface area contributed by atoms with Gasteiger partial charge < -0.3 is 0 Å². The number of rotatable bonds is 3. The third-order valence-corrected chi connectivity index (χ3v) is 5.17. The van der Waals surface area contributed by atoms with Crippen LogP contribution in [0.1, 0.15) is 19.8 Å². The van der Waals surface area contributed by atoms with Gasteiger partial charge in [-0.2, -0.15) is 0 Å². The fourth-order valence-electron chi connectivity index (χ4n) is 4.44. The summed E-state index contributed by atoms with van der Waals surface area (Å²) in [6.07, 6.45) is 6.04. The smallest absolute Gasteiger partial charge is 0.143 e. The first kappa shape index (κ1) is 9.38. The van der Waals surface area contributed by atoms with Crippen LogP contribution in [0.15, 0.2) is 25.3 Å². The second-order valence-corrected chi connectivity index (χ2v) is 5.70. The van der Waals surface area contributed by atoms with Gasteiger partial charge in [0, 0.05) is 11.3 Å². The molecule has 3 aliphatic carbocycles. The number of allylic oxidation sites excluding steroid dienone is 2. The molecule has 0 heterocycles. The van der Waals surface area contributed by atoms with Crippen LogP contribution in [0.2, 0.25) is 0 Å². The van der Waals surface area contributed by atoms with Crippen molar-refractivity contribution in [1.29, 1.82) is 0 Å². The fourth-order valence-corrected chi connectivity index (χ4v) is 4.44. The minimum Gasteiger partial charge on any atom is -0.299 e. The third kappa shape index (κ3) is 0.878. The molecule has 0 radical (unpaired) electrons. The van der Waals surface area contributed by atoms with E-state index >= 15 is 0 Å². The summed E-state index contributed by atoms with van der Waals surface area (Å²) < 4.78 is 0. The molecule has 3 aliphatic rings. The van der Waals surface area contributed by atoms with Crippen LogP contribution in [-0.4, -0.2) is 5.78 Å². The van der Waals surface area contributed by atoms with E-state index in [-0.39, 0.29) is 5.41 Å². The quantitative estimate of drug-likeness (QED) is 0.643. The predicted octanol–water partition coefficient (Wildman–Crippen LogP) is 2.84. The molecule has 80 valence electrons. The molecule has 0 aromatic carbocycles. The van der Waals surface area contributed by atoms with Crippen LogP contribution >= 0.6 is 0 Å². The Bertz CT molecular complexity index is 356. The van der Waals surface area contributed by atoms with Gasteiger partial charge in [-0.25, -0.2) is 0 Å². The number of carbonyl (C=O) groups excluding carboxylic acids is 1. The van der Waals surface area contributed by atoms with Crippen molar-refractivity contribution >= 4 is 5.78 Å². The highest BCUT2D eigenvalue weighted by atomic mass is 16.1. The molecule has 0 saturated heterocycles. The highest BCUT2D eigenvalue weighted by molar-refractivity contribution is 5.94. The van der Waals surface area contributed by atoms with Gasteiger partial charge >= 0.3 is 0 Å². The van der Waals surface area contributed by atoms with Crippen molar-refractivity contribution in [3.05, 3.63) is 25.3 Å². The highest BCUT2D eigenvalue weighted by Crippen LogP contribution is 2.74. The van der Waals surface area contributed by atoms with E-state index in [9.17, 15) is 4.79 Å². The van der Waals surface area contributed by atoms with E-state index in [1.165, 1.54) is 6.42 Å². The van der Waals surface area contributed by atoms with Crippen LogP contribution in [-0.2, 0) is 4.79 Å². The molecule has 0 aromatic heterocycles. The summed E-state index contributed by atoms with van der Waals surface area (Å²) >= 11 is 0. The summed E-state index contributed by atoms with van der Waals surface area (Å²) in [5, 5.41) is 0. The molecule has 3 fully saturated rings. The Hall–Kier alpha value is -0.850. The first-order valence-corrected chi connectivity index (χ1v) is 5.93. The maximum Gasteiger partial charge on any atom is 0.143 e. The van der Waals surface area contributed by atoms with Crippen molar-refractivity contribution in [2.75, 3.05) is 0 Å². The van der Waals surface area contributed by atoms with E-state index in [1.807, 2.05) is 6.08 Å². The van der Waals surface area contributed by atoms with Gasteiger partial charge in [0.1, 0.15) is 5.78 Å². The van der Waals surface area contributed by atoms with Gasteiger partial charge in [0.2, 0.25) is 0 Å². The van der Waals surface area contributed by atoms with E-state index in [2.05, 4.69) is 26.2 Å². The number of Topliss-reactive ketones (excluding diaryl/α,β-unsaturated/α-hetero) is 1. The second-order valence-electron chi connectivity index (χ2n) is 5.70. The van der Waals surface area contributed by atoms with Crippen molar-refractivity contribution in [2.45, 2.75) is 19.8 Å². The zero-order valence-corrected chi connectivity index (χ0v) is 9.28. The zero-order chi connectivity index (χ0) is 10.8. The molecule has 0 spiro atoms. The van der Waals surface area contributed by atoms with Crippen LogP contribution in [0.5, 0.6) is 0 Å². The minimum atomic E-state index is -0.0919. The molecule has 0 N–H and O–H groups in total. The Labute approximate surface area is 91.2 Å². The molecule has 3 saturated carbocycles. The van der Waals surface area contributed by atoms with E-state index in [1.54, 1.807) is 0 Å². The number of ketones is 1. The van der Waals surface area contributed by atoms with Crippen molar-refractivity contribution in [3.63, 3.8) is 0 Å². The van der Waals surface area contributed by atoms with Crippen molar-refractivity contribution in [3.8, 4) is 0 Å². The fraction of sp³-hybridized carbons (Fsp3) is 0.643. The molecule has 1 nitrogen and oxygen atoms in total. The van der Waals surface area contributed by atoms with Crippen LogP contribution in [0.3, 0.4) is 0 Å². The molecule has 3 unspecified atom stereocenters. The van der Waals surface area contributed by atoms with Gasteiger partial charge in [-0.3, -0.25) is 4.79 Å². The monoisotopic (exact) mass is 202 g/mol. The molecular weight excluding hydrogens is 184 g/mol. The van der Waals surface area contributed by atoms with Crippen molar-refractivity contribution < 1.29 is 4.79 Å². The van der Waals surface area contributed by atoms with E-state index in [4.69, 9.17) is 0 Å². The second kappa shape index (κ2) is 2.63. The predicted molar refractivity (Wildman–Crippen MR) is 60.2 cm³/mol. The summed E-state index contributed by atoms with van der Waals surface area (Å²) in [4.78, 5) is 12.3. The normalized spacial score (nSPS) is 55.3. The number of carbonyl (C=O) groups is 1. The summed E-state index contributed by atoms with van der Waals surface area (Å²) in [5.74, 6) is 3.49. The molecular formula is C14H18O. The van der Waals surface area contributed by atoms with Gasteiger partial charge in [0.25, 0.3) is 0 Å². The lowest BCUT2D eigenvalue weighted by Crippen LogP contribution is -2.30. The average molecular weight is 202 g/mol. The van der Waals surface area contributed by atoms with E-state index in [0.29, 0.717) is 35.4 Å². The maximum absolute atomic E-state index is 12.3. The largest absolute Gasteiger partial charge is 0.299 e. The summed E-state index contributed by atoms with van der Waals surface area (Å²) in [5.41, 5.74) is -0.0919. The number of fused-ring (bicyclic) bond motifs is 1. The third-order valence-electron chi connectivity index (χ3n) is 5.17. The van der Waals surface area contributed by atoms with Gasteiger partial charge in [-0.15, -0.1) is 13.2 Å². The van der Waals surface area contributed by atoms with E-state index < -0.39 is 0 Å². The van der Waals surface area contributed by atoms with Crippen LogP contribution in [0.25, 0.3) is 0 Å². The molecule has 0 amide bonds. The van der Waals surface area contributed by atoms with Crippen molar-refractivity contribution in [2.24, 2.45) is 35.0 Å². The minimum absolute atomic E-state index is 0.0919. The summed E-state index contributed by atoms with van der Waals surface area (Å²) in [7, 11) is 0. The molecule has 6 atom stereocenters. The standard InChI is InChI=1S/C14H18O/c1-4-6-14(3)9-7-8(5-2)10-11(9)12(10)13(14)15/h4-5,8-12H,1-2,6-7H2,3H3/t8?,9-,10?,11-,12?,14+/m1/s1. The topological polar surface area (TPSA) is 17.1 Å². The molecule has 0 aromatic rings. The van der Waals surface area contributed by atoms with Crippen LogP contribution in [0, 0.1) is 35.0 Å². The first-order valence-electron chi connectivity index (χ1n) is 5.93. The number of hydrogen-bond acceptors (Lipinski definition) is 1. The molecule has 15 heavy (non-hydrogen) atoms. The Morgan fingerprint density at radius 3 is 2.73 bits per heavy atom. The Morgan fingerprint density at radius 2 is 2.20 bits per heavy atom. The van der Waals surface area contributed by atoms with Gasteiger partial charge in [-0.05, 0) is 36.5 Å². The van der Waals surface area contributed by atoms with E-state index in [0.717, 1.165) is 6.42 Å². The van der Waals surface area contributed by atoms with Gasteiger partial charge in [0.05, 0.1) is 0 Å².